The minimum atomic E-state index is -4.61. The number of ether oxygens (including phenoxy) is 2. The summed E-state index contributed by atoms with van der Waals surface area (Å²) >= 11 is 0. The molecule has 0 aromatic carbocycles. The van der Waals surface area contributed by atoms with Crippen LogP contribution in [0.4, 0.5) is 0 Å². The van der Waals surface area contributed by atoms with Crippen molar-refractivity contribution in [2.75, 3.05) is 26.4 Å². The predicted octanol–water partition coefficient (Wildman–Crippen LogP) is 9.14. The van der Waals surface area contributed by atoms with E-state index in [4.69, 9.17) is 24.8 Å². The van der Waals surface area contributed by atoms with Gasteiger partial charge in [0.15, 0.2) is 0 Å². The van der Waals surface area contributed by atoms with Crippen molar-refractivity contribution in [1.29, 1.82) is 0 Å². The molecule has 0 aliphatic rings. The van der Waals surface area contributed by atoms with Crippen LogP contribution in [0.5, 0.6) is 0 Å². The van der Waals surface area contributed by atoms with E-state index in [1.165, 1.54) is 25.7 Å². The third-order valence-electron chi connectivity index (χ3n) is 7.32. The van der Waals surface area contributed by atoms with E-state index in [9.17, 15) is 19.0 Å². The van der Waals surface area contributed by atoms with Crippen LogP contribution in [-0.4, -0.2) is 60.5 Å². The molecule has 0 amide bonds. The number of esters is 1. The number of carboxylic acids is 1. The standard InChI is InChI=1S/C37H66NO9P/c1-3-5-7-9-11-13-15-16-17-18-19-21-23-25-27-29-36(39)47-34(32-45-48(42,43)46-33-35(38)37(40)41)31-44-30-28-26-24-22-20-14-12-10-8-6-4-2/h5,7-8,10-11,13,16-17,34-35H,3-4,6,9,12,14-15,18-33,38H2,1-2H3,(H,40,41)(H,42,43)/b7-5-,10-8-,13-11-,17-16-. The lowest BCUT2D eigenvalue weighted by Gasteiger charge is -2.20. The summed E-state index contributed by atoms with van der Waals surface area (Å²) in [7, 11) is -4.61. The van der Waals surface area contributed by atoms with Crippen LogP contribution in [0.2, 0.25) is 0 Å². The van der Waals surface area contributed by atoms with E-state index in [0.29, 0.717) is 13.0 Å². The zero-order valence-electron chi connectivity index (χ0n) is 29.8. The quantitative estimate of drug-likeness (QED) is 0.0256. The van der Waals surface area contributed by atoms with E-state index >= 15 is 0 Å². The number of phosphoric ester groups is 1. The average Bonchev–Trinajstić information content (AvgIpc) is 3.06. The molecular weight excluding hydrogens is 633 g/mol. The van der Waals surface area contributed by atoms with Gasteiger partial charge in [0.25, 0.3) is 0 Å². The minimum Gasteiger partial charge on any atom is -0.480 e. The summed E-state index contributed by atoms with van der Waals surface area (Å²) in [5.74, 6) is -1.80. The topological polar surface area (TPSA) is 155 Å². The smallest absolute Gasteiger partial charge is 0.472 e. The number of carboxylic acid groups (broad SMARTS) is 1. The Labute approximate surface area is 290 Å². The van der Waals surface area contributed by atoms with Gasteiger partial charge in [-0.2, -0.15) is 0 Å². The number of rotatable bonds is 34. The van der Waals surface area contributed by atoms with Crippen LogP contribution in [0.25, 0.3) is 0 Å². The molecule has 0 aliphatic carbocycles. The molecule has 0 saturated carbocycles. The van der Waals surface area contributed by atoms with E-state index in [2.05, 4.69) is 67.0 Å². The fourth-order valence-electron chi connectivity index (χ4n) is 4.50. The van der Waals surface area contributed by atoms with Crippen molar-refractivity contribution in [2.45, 2.75) is 148 Å². The molecule has 0 spiro atoms. The lowest BCUT2D eigenvalue weighted by atomic mass is 10.1. The maximum atomic E-state index is 12.5. The number of carbonyl (C=O) groups excluding carboxylic acids is 1. The van der Waals surface area contributed by atoms with Gasteiger partial charge in [0.2, 0.25) is 0 Å². The maximum Gasteiger partial charge on any atom is 0.472 e. The predicted molar refractivity (Wildman–Crippen MR) is 194 cm³/mol. The van der Waals surface area contributed by atoms with Gasteiger partial charge in [-0.3, -0.25) is 18.6 Å². The highest BCUT2D eigenvalue weighted by Gasteiger charge is 2.27. The van der Waals surface area contributed by atoms with Crippen LogP contribution < -0.4 is 5.73 Å². The number of allylic oxidation sites excluding steroid dienone is 8. The van der Waals surface area contributed by atoms with Gasteiger partial charge in [0.05, 0.1) is 19.8 Å². The van der Waals surface area contributed by atoms with Crippen molar-refractivity contribution in [1.82, 2.24) is 0 Å². The highest BCUT2D eigenvalue weighted by molar-refractivity contribution is 7.47. The molecule has 0 fully saturated rings. The first-order valence-corrected chi connectivity index (χ1v) is 19.7. The first kappa shape index (κ1) is 45.9. The van der Waals surface area contributed by atoms with Crippen molar-refractivity contribution in [3.05, 3.63) is 48.6 Å². The van der Waals surface area contributed by atoms with Crippen molar-refractivity contribution in [3.8, 4) is 0 Å². The largest absolute Gasteiger partial charge is 0.480 e. The molecule has 278 valence electrons. The molecule has 10 nitrogen and oxygen atoms in total. The van der Waals surface area contributed by atoms with E-state index in [1.807, 2.05) is 0 Å². The molecule has 0 bridgehead atoms. The number of aliphatic carboxylic acids is 1. The Morgan fingerprint density at radius 1 is 0.688 bits per heavy atom. The van der Waals surface area contributed by atoms with Crippen molar-refractivity contribution < 1.29 is 42.7 Å². The molecular formula is C37H66NO9P. The van der Waals surface area contributed by atoms with E-state index in [1.54, 1.807) is 0 Å². The molecule has 0 aromatic heterocycles. The fraction of sp³-hybridized carbons (Fsp3) is 0.730. The van der Waals surface area contributed by atoms with Crippen molar-refractivity contribution in [2.24, 2.45) is 5.73 Å². The normalized spacial score (nSPS) is 14.8. The Kier molecular flexibility index (Phi) is 32.0. The Hall–Kier alpha value is -2.07. The first-order valence-electron chi connectivity index (χ1n) is 18.2. The van der Waals surface area contributed by atoms with Crippen LogP contribution >= 0.6 is 7.82 Å². The van der Waals surface area contributed by atoms with E-state index in [-0.39, 0.29) is 13.0 Å². The summed E-state index contributed by atoms with van der Waals surface area (Å²) in [5.41, 5.74) is 5.33. The Morgan fingerprint density at radius 3 is 1.83 bits per heavy atom. The highest BCUT2D eigenvalue weighted by Crippen LogP contribution is 2.43. The van der Waals surface area contributed by atoms with Crippen LogP contribution in [0.3, 0.4) is 0 Å². The average molecular weight is 700 g/mol. The Morgan fingerprint density at radius 2 is 1.21 bits per heavy atom. The number of hydrogen-bond acceptors (Lipinski definition) is 8. The number of hydrogen-bond donors (Lipinski definition) is 3. The van der Waals surface area contributed by atoms with E-state index in [0.717, 1.165) is 83.5 Å². The first-order chi connectivity index (χ1) is 23.2. The second kappa shape index (κ2) is 33.4. The molecule has 0 aromatic rings. The van der Waals surface area contributed by atoms with Crippen LogP contribution in [-0.2, 0) is 32.7 Å². The molecule has 48 heavy (non-hydrogen) atoms. The number of nitrogens with two attached hydrogens (primary N) is 1. The Balaban J connectivity index is 4.37. The van der Waals surface area contributed by atoms with Gasteiger partial charge < -0.3 is 25.2 Å². The summed E-state index contributed by atoms with van der Waals surface area (Å²) in [5, 5.41) is 8.85. The van der Waals surface area contributed by atoms with Gasteiger partial charge in [-0.05, 0) is 64.2 Å². The number of phosphoric acid groups is 1. The second-order valence-electron chi connectivity index (χ2n) is 12.0. The minimum absolute atomic E-state index is 0.00366. The number of carbonyl (C=O) groups is 2. The monoisotopic (exact) mass is 699 g/mol. The van der Waals surface area contributed by atoms with Gasteiger partial charge in [0, 0.05) is 13.0 Å². The van der Waals surface area contributed by atoms with E-state index < -0.39 is 45.1 Å². The fourth-order valence-corrected chi connectivity index (χ4v) is 5.28. The van der Waals surface area contributed by atoms with Gasteiger partial charge in [-0.25, -0.2) is 4.57 Å². The zero-order valence-corrected chi connectivity index (χ0v) is 30.7. The summed E-state index contributed by atoms with van der Waals surface area (Å²) in [4.78, 5) is 33.3. The van der Waals surface area contributed by atoms with Crippen LogP contribution in [0, 0.1) is 0 Å². The van der Waals surface area contributed by atoms with Crippen LogP contribution in [0.1, 0.15) is 136 Å². The SMILES string of the molecule is CC/C=C\C/C=C\C/C=C\CCCCCCCC(=O)OC(COCCCCCCCC/C=C\CCC)COP(=O)(O)OCC(N)C(=O)O. The molecule has 4 N–H and O–H groups in total. The molecule has 0 rings (SSSR count). The summed E-state index contributed by atoms with van der Waals surface area (Å²) in [6.07, 6.45) is 35.9. The number of unbranched alkanes of at least 4 members (excludes halogenated alkanes) is 12. The maximum absolute atomic E-state index is 12.5. The van der Waals surface area contributed by atoms with Gasteiger partial charge in [-0.1, -0.05) is 114 Å². The van der Waals surface area contributed by atoms with Crippen molar-refractivity contribution in [3.63, 3.8) is 0 Å². The van der Waals surface area contributed by atoms with Crippen LogP contribution in [0.15, 0.2) is 48.6 Å². The summed E-state index contributed by atoms with van der Waals surface area (Å²) < 4.78 is 33.1. The lowest BCUT2D eigenvalue weighted by molar-refractivity contribution is -0.154. The third kappa shape index (κ3) is 32.5. The van der Waals surface area contributed by atoms with Gasteiger partial charge >= 0.3 is 19.8 Å². The molecule has 0 saturated heterocycles. The molecule has 0 heterocycles. The summed E-state index contributed by atoms with van der Waals surface area (Å²) in [6.45, 7) is 3.64. The summed E-state index contributed by atoms with van der Waals surface area (Å²) in [6, 6.07) is -1.48. The second-order valence-corrected chi connectivity index (χ2v) is 13.4. The molecule has 0 aliphatic heterocycles. The lowest BCUT2D eigenvalue weighted by Crippen LogP contribution is -2.34. The third-order valence-corrected chi connectivity index (χ3v) is 8.27. The zero-order chi connectivity index (χ0) is 35.6. The molecule has 0 radical (unpaired) electrons. The molecule has 3 unspecified atom stereocenters. The van der Waals surface area contributed by atoms with Gasteiger partial charge in [0.1, 0.15) is 12.1 Å². The molecule has 3 atom stereocenters. The van der Waals surface area contributed by atoms with Crippen molar-refractivity contribution >= 4 is 19.8 Å². The molecule has 11 heteroatoms. The highest BCUT2D eigenvalue weighted by atomic mass is 31.2. The Bertz CT molecular complexity index is 951. The van der Waals surface area contributed by atoms with Gasteiger partial charge in [-0.15, -0.1) is 0 Å².